The van der Waals surface area contributed by atoms with Gasteiger partial charge in [-0.15, -0.1) is 0 Å². The highest BCUT2D eigenvalue weighted by molar-refractivity contribution is 5.39. The van der Waals surface area contributed by atoms with Crippen LogP contribution in [0.1, 0.15) is 12.5 Å². The topological polar surface area (TPSA) is 45.6 Å². The second-order valence-electron chi connectivity index (χ2n) is 3.81. The number of aliphatic hydroxyl groups is 1. The van der Waals surface area contributed by atoms with Crippen LogP contribution in [0.15, 0.2) is 18.3 Å². The zero-order chi connectivity index (χ0) is 10.7. The Morgan fingerprint density at radius 1 is 1.60 bits per heavy atom. The zero-order valence-electron chi connectivity index (χ0n) is 8.89. The van der Waals surface area contributed by atoms with Gasteiger partial charge < -0.3 is 14.7 Å². The summed E-state index contributed by atoms with van der Waals surface area (Å²) in [5, 5.41) is 8.91. The minimum atomic E-state index is 0.0484. The van der Waals surface area contributed by atoms with Gasteiger partial charge in [0, 0.05) is 19.3 Å². The van der Waals surface area contributed by atoms with Gasteiger partial charge in [-0.1, -0.05) is 6.07 Å². The van der Waals surface area contributed by atoms with E-state index < -0.39 is 0 Å². The van der Waals surface area contributed by atoms with Crippen molar-refractivity contribution in [1.82, 2.24) is 4.98 Å². The Bertz CT molecular complexity index is 313. The minimum Gasteiger partial charge on any atom is -0.392 e. The molecule has 0 radical (unpaired) electrons. The van der Waals surface area contributed by atoms with E-state index in [1.54, 1.807) is 6.20 Å². The summed E-state index contributed by atoms with van der Waals surface area (Å²) in [4.78, 5) is 6.52. The molecular formula is C11H16N2O2. The second kappa shape index (κ2) is 4.59. The van der Waals surface area contributed by atoms with Crippen molar-refractivity contribution < 1.29 is 9.84 Å². The van der Waals surface area contributed by atoms with Crippen LogP contribution in [0.25, 0.3) is 0 Å². The highest BCUT2D eigenvalue weighted by atomic mass is 16.5. The van der Waals surface area contributed by atoms with Gasteiger partial charge in [0.25, 0.3) is 0 Å². The highest BCUT2D eigenvalue weighted by Crippen LogP contribution is 2.15. The summed E-state index contributed by atoms with van der Waals surface area (Å²) < 4.78 is 5.46. The first-order valence-corrected chi connectivity index (χ1v) is 5.22. The molecule has 0 aromatic carbocycles. The summed E-state index contributed by atoms with van der Waals surface area (Å²) in [5.41, 5.74) is 0.847. The van der Waals surface area contributed by atoms with E-state index in [1.807, 2.05) is 12.1 Å². The average Bonchev–Trinajstić information content (AvgIpc) is 2.29. The fourth-order valence-corrected chi connectivity index (χ4v) is 1.72. The summed E-state index contributed by atoms with van der Waals surface area (Å²) >= 11 is 0. The average molecular weight is 208 g/mol. The van der Waals surface area contributed by atoms with Gasteiger partial charge in [-0.2, -0.15) is 0 Å². The van der Waals surface area contributed by atoms with Gasteiger partial charge in [0.1, 0.15) is 5.82 Å². The molecule has 1 aromatic heterocycles. The van der Waals surface area contributed by atoms with Crippen molar-refractivity contribution in [3.05, 3.63) is 23.9 Å². The number of hydrogen-bond acceptors (Lipinski definition) is 4. The molecule has 0 aliphatic carbocycles. The third kappa shape index (κ3) is 2.46. The number of rotatable bonds is 2. The van der Waals surface area contributed by atoms with Crippen molar-refractivity contribution in [3.63, 3.8) is 0 Å². The summed E-state index contributed by atoms with van der Waals surface area (Å²) in [6.07, 6.45) is 1.98. The van der Waals surface area contributed by atoms with Gasteiger partial charge in [-0.25, -0.2) is 4.98 Å². The van der Waals surface area contributed by atoms with E-state index in [9.17, 15) is 0 Å². The van der Waals surface area contributed by atoms with Crippen LogP contribution in [0.2, 0.25) is 0 Å². The molecule has 4 heteroatoms. The number of morpholine rings is 1. The molecule has 1 atom stereocenters. The summed E-state index contributed by atoms with van der Waals surface area (Å²) in [6.45, 7) is 4.63. The van der Waals surface area contributed by atoms with E-state index in [0.29, 0.717) is 0 Å². The van der Waals surface area contributed by atoms with E-state index in [1.165, 1.54) is 0 Å². The summed E-state index contributed by atoms with van der Waals surface area (Å²) in [7, 11) is 0. The maximum Gasteiger partial charge on any atom is 0.128 e. The fraction of sp³-hybridized carbons (Fsp3) is 0.545. The molecule has 0 amide bonds. The van der Waals surface area contributed by atoms with E-state index in [4.69, 9.17) is 9.84 Å². The summed E-state index contributed by atoms with van der Waals surface area (Å²) in [6, 6.07) is 3.85. The van der Waals surface area contributed by atoms with Crippen LogP contribution in [0.3, 0.4) is 0 Å². The molecule has 15 heavy (non-hydrogen) atoms. The van der Waals surface area contributed by atoms with E-state index in [0.717, 1.165) is 31.1 Å². The van der Waals surface area contributed by atoms with Gasteiger partial charge in [-0.05, 0) is 18.6 Å². The predicted molar refractivity (Wildman–Crippen MR) is 57.8 cm³/mol. The van der Waals surface area contributed by atoms with Gasteiger partial charge in [0.05, 0.1) is 19.3 Å². The first-order chi connectivity index (χ1) is 7.29. The standard InChI is InChI=1S/C11H16N2O2/c1-9-7-13(4-5-15-9)11-3-2-10(8-14)6-12-11/h2-3,6,9,14H,4-5,7-8H2,1H3. The molecule has 1 aromatic rings. The Balaban J connectivity index is 2.07. The third-order valence-corrected chi connectivity index (χ3v) is 2.56. The predicted octanol–water partition coefficient (Wildman–Crippen LogP) is 0.799. The molecule has 1 aliphatic rings. The molecule has 1 unspecified atom stereocenters. The quantitative estimate of drug-likeness (QED) is 0.781. The first kappa shape index (κ1) is 10.4. The van der Waals surface area contributed by atoms with Crippen molar-refractivity contribution >= 4 is 5.82 Å². The van der Waals surface area contributed by atoms with Crippen LogP contribution in [0.4, 0.5) is 5.82 Å². The SMILES string of the molecule is CC1CN(c2ccc(CO)cn2)CCO1. The number of anilines is 1. The molecule has 1 N–H and O–H groups in total. The molecule has 1 aliphatic heterocycles. The Kier molecular flexibility index (Phi) is 3.18. The van der Waals surface area contributed by atoms with Crippen molar-refractivity contribution in [1.29, 1.82) is 0 Å². The highest BCUT2D eigenvalue weighted by Gasteiger charge is 2.17. The molecule has 82 valence electrons. The van der Waals surface area contributed by atoms with Crippen LogP contribution in [-0.4, -0.2) is 35.9 Å². The van der Waals surface area contributed by atoms with Gasteiger partial charge in [0.15, 0.2) is 0 Å². The Hall–Kier alpha value is -1.13. The monoisotopic (exact) mass is 208 g/mol. The second-order valence-corrected chi connectivity index (χ2v) is 3.81. The number of aliphatic hydroxyl groups excluding tert-OH is 1. The van der Waals surface area contributed by atoms with E-state index in [2.05, 4.69) is 16.8 Å². The van der Waals surface area contributed by atoms with Crippen molar-refractivity contribution in [3.8, 4) is 0 Å². The lowest BCUT2D eigenvalue weighted by atomic mass is 10.2. The zero-order valence-corrected chi connectivity index (χ0v) is 8.89. The number of ether oxygens (including phenoxy) is 1. The van der Waals surface area contributed by atoms with E-state index in [-0.39, 0.29) is 12.7 Å². The number of hydrogen-bond donors (Lipinski definition) is 1. The lowest BCUT2D eigenvalue weighted by Crippen LogP contribution is -2.41. The maximum absolute atomic E-state index is 8.91. The van der Waals surface area contributed by atoms with Crippen LogP contribution < -0.4 is 4.90 Å². The smallest absolute Gasteiger partial charge is 0.128 e. The normalized spacial score (nSPS) is 21.7. The van der Waals surface area contributed by atoms with Crippen LogP contribution in [-0.2, 0) is 11.3 Å². The molecule has 4 nitrogen and oxygen atoms in total. The Morgan fingerprint density at radius 2 is 2.47 bits per heavy atom. The molecule has 1 fully saturated rings. The number of aromatic nitrogens is 1. The van der Waals surface area contributed by atoms with Crippen molar-refractivity contribution in [2.24, 2.45) is 0 Å². The maximum atomic E-state index is 8.91. The molecule has 0 saturated carbocycles. The molecule has 2 heterocycles. The molecular weight excluding hydrogens is 192 g/mol. The minimum absolute atomic E-state index is 0.0484. The van der Waals surface area contributed by atoms with Crippen LogP contribution in [0.5, 0.6) is 0 Å². The Labute approximate surface area is 89.5 Å². The summed E-state index contributed by atoms with van der Waals surface area (Å²) in [5.74, 6) is 0.961. The lowest BCUT2D eigenvalue weighted by molar-refractivity contribution is 0.0529. The van der Waals surface area contributed by atoms with Crippen LogP contribution >= 0.6 is 0 Å². The molecule has 2 rings (SSSR count). The van der Waals surface area contributed by atoms with Crippen LogP contribution in [0, 0.1) is 0 Å². The van der Waals surface area contributed by atoms with Gasteiger partial charge in [-0.3, -0.25) is 0 Å². The van der Waals surface area contributed by atoms with Crippen molar-refractivity contribution in [2.75, 3.05) is 24.6 Å². The molecule has 1 saturated heterocycles. The third-order valence-electron chi connectivity index (χ3n) is 2.56. The van der Waals surface area contributed by atoms with E-state index >= 15 is 0 Å². The number of pyridine rings is 1. The van der Waals surface area contributed by atoms with Crippen molar-refractivity contribution in [2.45, 2.75) is 19.6 Å². The van der Waals surface area contributed by atoms with Gasteiger partial charge in [0.2, 0.25) is 0 Å². The molecule has 0 bridgehead atoms. The molecule has 0 spiro atoms. The number of nitrogens with zero attached hydrogens (tertiary/aromatic N) is 2. The first-order valence-electron chi connectivity index (χ1n) is 5.22. The Morgan fingerprint density at radius 3 is 3.07 bits per heavy atom. The lowest BCUT2D eigenvalue weighted by Gasteiger charge is -2.32. The fourth-order valence-electron chi connectivity index (χ4n) is 1.72. The van der Waals surface area contributed by atoms with Gasteiger partial charge >= 0.3 is 0 Å². The largest absolute Gasteiger partial charge is 0.392 e.